The minimum Gasteiger partial charge on any atom is -0.465 e. The molecule has 31 heavy (non-hydrogen) atoms. The summed E-state index contributed by atoms with van der Waals surface area (Å²) >= 11 is 0. The molecule has 0 N–H and O–H groups in total. The molecular weight excluding hydrogens is 396 g/mol. The van der Waals surface area contributed by atoms with Gasteiger partial charge in [-0.15, -0.1) is 0 Å². The van der Waals surface area contributed by atoms with E-state index in [1.165, 1.54) is 36.3 Å². The number of carbonyl (C=O) groups excluding carboxylic acids is 4. The number of ether oxygens (including phenoxy) is 1. The molecule has 0 spiro atoms. The van der Waals surface area contributed by atoms with Gasteiger partial charge in [0.25, 0.3) is 11.8 Å². The minimum absolute atomic E-state index is 0.0838. The highest BCUT2D eigenvalue weighted by Gasteiger charge is 2.45. The summed E-state index contributed by atoms with van der Waals surface area (Å²) in [7, 11) is 1.28. The molecule has 1 aliphatic heterocycles. The number of imide groups is 1. The highest BCUT2D eigenvalue weighted by Crippen LogP contribution is 2.29. The van der Waals surface area contributed by atoms with Gasteiger partial charge in [0.2, 0.25) is 5.91 Å². The third-order valence-electron chi connectivity index (χ3n) is 5.57. The van der Waals surface area contributed by atoms with Crippen molar-refractivity contribution >= 4 is 29.4 Å². The molecule has 7 heteroatoms. The number of carbonyl (C=O) groups is 4. The average molecular weight is 422 g/mol. The Morgan fingerprint density at radius 3 is 2.39 bits per heavy atom. The number of hydrogen-bond donors (Lipinski definition) is 0. The van der Waals surface area contributed by atoms with Crippen LogP contribution in [0.25, 0.3) is 0 Å². The summed E-state index contributed by atoms with van der Waals surface area (Å²) in [5.41, 5.74) is 2.10. The number of amides is 3. The number of aryl methyl sites for hydroxylation is 1. The first kappa shape index (κ1) is 22.2. The van der Waals surface area contributed by atoms with Crippen LogP contribution in [-0.4, -0.2) is 47.8 Å². The third-order valence-corrected chi connectivity index (χ3v) is 5.57. The Labute approximate surface area is 181 Å². The minimum atomic E-state index is -0.879. The van der Waals surface area contributed by atoms with Crippen LogP contribution >= 0.6 is 0 Å². The molecule has 1 aliphatic rings. The molecule has 0 radical (unpaired) electrons. The molecule has 1 saturated heterocycles. The van der Waals surface area contributed by atoms with E-state index >= 15 is 0 Å². The molecule has 162 valence electrons. The van der Waals surface area contributed by atoms with Crippen LogP contribution in [0.2, 0.25) is 0 Å². The quantitative estimate of drug-likeness (QED) is 0.527. The number of nitrogens with zero attached hydrogens (tertiary/aromatic N) is 2. The lowest BCUT2D eigenvalue weighted by atomic mass is 10.0. The number of rotatable bonds is 6. The predicted molar refractivity (Wildman–Crippen MR) is 116 cm³/mol. The molecule has 3 rings (SSSR count). The summed E-state index contributed by atoms with van der Waals surface area (Å²) in [5, 5.41) is 0. The molecule has 0 bridgehead atoms. The van der Waals surface area contributed by atoms with Gasteiger partial charge in [-0.05, 0) is 56.7 Å². The Morgan fingerprint density at radius 2 is 1.81 bits per heavy atom. The van der Waals surface area contributed by atoms with Crippen molar-refractivity contribution in [3.8, 4) is 0 Å². The van der Waals surface area contributed by atoms with Crippen molar-refractivity contribution in [1.82, 2.24) is 4.90 Å². The molecule has 0 saturated carbocycles. The summed E-state index contributed by atoms with van der Waals surface area (Å²) in [4.78, 5) is 53.6. The van der Waals surface area contributed by atoms with Gasteiger partial charge >= 0.3 is 5.97 Å². The Morgan fingerprint density at radius 1 is 1.13 bits per heavy atom. The Balaban J connectivity index is 1.92. The Kier molecular flexibility index (Phi) is 6.53. The number of esters is 1. The number of methoxy groups -OCH3 is 1. The smallest absolute Gasteiger partial charge is 0.337 e. The first-order valence-electron chi connectivity index (χ1n) is 10.2. The highest BCUT2D eigenvalue weighted by molar-refractivity contribution is 6.23. The number of benzene rings is 2. The van der Waals surface area contributed by atoms with E-state index in [0.29, 0.717) is 23.2 Å². The molecular formula is C24H26N2O5. The fraction of sp³-hybridized carbons (Fsp3) is 0.333. The van der Waals surface area contributed by atoms with Crippen molar-refractivity contribution in [3.63, 3.8) is 0 Å². The van der Waals surface area contributed by atoms with Gasteiger partial charge in [0, 0.05) is 11.6 Å². The first-order valence-corrected chi connectivity index (χ1v) is 10.2. The van der Waals surface area contributed by atoms with Crippen LogP contribution in [0.3, 0.4) is 0 Å². The van der Waals surface area contributed by atoms with Gasteiger partial charge in [-0.2, -0.15) is 0 Å². The molecule has 2 aromatic carbocycles. The van der Waals surface area contributed by atoms with Gasteiger partial charge in [0.05, 0.1) is 24.8 Å². The van der Waals surface area contributed by atoms with E-state index in [0.717, 1.165) is 10.5 Å². The number of hydrogen-bond acceptors (Lipinski definition) is 5. The fourth-order valence-electron chi connectivity index (χ4n) is 3.74. The zero-order chi connectivity index (χ0) is 22.7. The van der Waals surface area contributed by atoms with Crippen LogP contribution in [0.4, 0.5) is 5.69 Å². The SMILES string of the molecule is CCC(C)N(C(=O)c1cccc(C)c1)C1CC(=O)N(c2ccc(C(=O)OC)cc2)C1=O. The molecule has 2 aromatic rings. The normalized spacial score (nSPS) is 16.9. The maximum Gasteiger partial charge on any atom is 0.337 e. The molecule has 1 heterocycles. The van der Waals surface area contributed by atoms with E-state index in [1.54, 1.807) is 18.2 Å². The van der Waals surface area contributed by atoms with Crippen molar-refractivity contribution in [2.24, 2.45) is 0 Å². The lowest BCUT2D eigenvalue weighted by Gasteiger charge is -2.33. The van der Waals surface area contributed by atoms with Crippen LogP contribution in [0.1, 0.15) is 53.0 Å². The van der Waals surface area contributed by atoms with E-state index in [4.69, 9.17) is 0 Å². The summed E-state index contributed by atoms with van der Waals surface area (Å²) in [5.74, 6) is -1.61. The van der Waals surface area contributed by atoms with Crippen LogP contribution in [0.5, 0.6) is 0 Å². The molecule has 2 unspecified atom stereocenters. The van der Waals surface area contributed by atoms with Crippen molar-refractivity contribution in [3.05, 3.63) is 65.2 Å². The van der Waals surface area contributed by atoms with E-state index < -0.39 is 17.9 Å². The second-order valence-electron chi connectivity index (χ2n) is 7.66. The predicted octanol–water partition coefficient (Wildman–Crippen LogP) is 3.35. The third kappa shape index (κ3) is 4.35. The Bertz CT molecular complexity index is 1010. The highest BCUT2D eigenvalue weighted by atomic mass is 16.5. The van der Waals surface area contributed by atoms with Crippen molar-refractivity contribution in [1.29, 1.82) is 0 Å². The topological polar surface area (TPSA) is 84.0 Å². The summed E-state index contributed by atoms with van der Waals surface area (Å²) < 4.78 is 4.68. The zero-order valence-corrected chi connectivity index (χ0v) is 18.1. The summed E-state index contributed by atoms with van der Waals surface area (Å²) in [6.07, 6.45) is 0.558. The maximum absolute atomic E-state index is 13.3. The van der Waals surface area contributed by atoms with Crippen LogP contribution in [0, 0.1) is 6.92 Å². The van der Waals surface area contributed by atoms with Crippen molar-refractivity contribution in [2.75, 3.05) is 12.0 Å². The van der Waals surface area contributed by atoms with Crippen LogP contribution in [-0.2, 0) is 14.3 Å². The molecule has 0 aromatic heterocycles. The standard InChI is InChI=1S/C24H26N2O5/c1-5-16(3)25(22(28)18-8-6-7-15(2)13-18)20-14-21(27)26(23(20)29)19-11-9-17(10-12-19)24(30)31-4/h6-13,16,20H,5,14H2,1-4H3. The van der Waals surface area contributed by atoms with Gasteiger partial charge in [0.1, 0.15) is 6.04 Å². The second kappa shape index (κ2) is 9.12. The van der Waals surface area contributed by atoms with Crippen molar-refractivity contribution < 1.29 is 23.9 Å². The summed E-state index contributed by atoms with van der Waals surface area (Å²) in [6.45, 7) is 5.71. The maximum atomic E-state index is 13.3. The van der Waals surface area contributed by atoms with Crippen LogP contribution in [0.15, 0.2) is 48.5 Å². The molecule has 3 amide bonds. The molecule has 1 fully saturated rings. The largest absolute Gasteiger partial charge is 0.465 e. The van der Waals surface area contributed by atoms with E-state index in [2.05, 4.69) is 4.74 Å². The molecule has 2 atom stereocenters. The van der Waals surface area contributed by atoms with Gasteiger partial charge < -0.3 is 9.64 Å². The van der Waals surface area contributed by atoms with Gasteiger partial charge in [-0.25, -0.2) is 9.69 Å². The van der Waals surface area contributed by atoms with E-state index in [9.17, 15) is 19.2 Å². The molecule has 7 nitrogen and oxygen atoms in total. The van der Waals surface area contributed by atoms with Gasteiger partial charge in [-0.3, -0.25) is 14.4 Å². The summed E-state index contributed by atoms with van der Waals surface area (Å²) in [6, 6.07) is 12.1. The number of anilines is 1. The fourth-order valence-corrected chi connectivity index (χ4v) is 3.74. The molecule has 0 aliphatic carbocycles. The van der Waals surface area contributed by atoms with Gasteiger partial charge in [0.15, 0.2) is 0 Å². The zero-order valence-electron chi connectivity index (χ0n) is 18.1. The lowest BCUT2D eigenvalue weighted by molar-refractivity contribution is -0.122. The second-order valence-corrected chi connectivity index (χ2v) is 7.66. The van der Waals surface area contributed by atoms with Crippen LogP contribution < -0.4 is 4.90 Å². The average Bonchev–Trinajstić information content (AvgIpc) is 3.06. The monoisotopic (exact) mass is 422 g/mol. The Hall–Kier alpha value is -3.48. The van der Waals surface area contributed by atoms with Crippen molar-refractivity contribution in [2.45, 2.75) is 45.7 Å². The first-order chi connectivity index (χ1) is 14.8. The van der Waals surface area contributed by atoms with E-state index in [1.807, 2.05) is 26.8 Å². The van der Waals surface area contributed by atoms with Gasteiger partial charge in [-0.1, -0.05) is 24.6 Å². The lowest BCUT2D eigenvalue weighted by Crippen LogP contribution is -2.49. The van der Waals surface area contributed by atoms with E-state index in [-0.39, 0.29) is 24.3 Å².